The molecule has 2 heterocycles. The Balaban J connectivity index is 2.34. The third-order valence-corrected chi connectivity index (χ3v) is 2.96. The Bertz CT molecular complexity index is 256. The lowest BCUT2D eigenvalue weighted by Crippen LogP contribution is -2.01. The molecule has 1 aliphatic heterocycles. The average Bonchev–Trinajstić information content (AvgIpc) is 2.45. The molecule has 0 saturated carbocycles. The van der Waals surface area contributed by atoms with E-state index >= 15 is 0 Å². The van der Waals surface area contributed by atoms with E-state index in [0.29, 0.717) is 0 Å². The summed E-state index contributed by atoms with van der Waals surface area (Å²) in [5.41, 5.74) is 0.979. The summed E-state index contributed by atoms with van der Waals surface area (Å²) < 4.78 is 6.15. The van der Waals surface area contributed by atoms with Gasteiger partial charge in [0.2, 0.25) is 0 Å². The van der Waals surface area contributed by atoms with Crippen LogP contribution >= 0.6 is 27.3 Å². The van der Waals surface area contributed by atoms with Crippen molar-refractivity contribution in [3.8, 4) is 0 Å². The fraction of sp³-hybridized carbons (Fsp3) is 0.500. The van der Waals surface area contributed by atoms with Gasteiger partial charge < -0.3 is 4.74 Å². The Labute approximate surface area is 71.4 Å². The van der Waals surface area contributed by atoms with E-state index in [1.165, 1.54) is 0 Å². The monoisotopic (exact) mass is 219 g/mol. The highest BCUT2D eigenvalue weighted by Gasteiger charge is 2.43. The predicted octanol–water partition coefficient (Wildman–Crippen LogP) is 2.15. The van der Waals surface area contributed by atoms with Gasteiger partial charge in [0, 0.05) is 5.38 Å². The Morgan fingerprint density at radius 1 is 1.90 bits per heavy atom. The smallest absolute Gasteiger partial charge is 0.159 e. The maximum Gasteiger partial charge on any atom is 0.159 e. The molecule has 0 N–H and O–H groups in total. The summed E-state index contributed by atoms with van der Waals surface area (Å²) in [7, 11) is 0. The highest BCUT2D eigenvalue weighted by atomic mass is 79.9. The third-order valence-electron chi connectivity index (χ3n) is 1.60. The first-order chi connectivity index (χ1) is 4.71. The van der Waals surface area contributed by atoms with Gasteiger partial charge in [-0.2, -0.15) is 0 Å². The summed E-state index contributed by atoms with van der Waals surface area (Å²) in [5, 5.41) is 2.02. The molecule has 1 aromatic heterocycles. The van der Waals surface area contributed by atoms with Crippen molar-refractivity contribution in [1.29, 1.82) is 0 Å². The maximum atomic E-state index is 5.22. The highest BCUT2D eigenvalue weighted by Crippen LogP contribution is 2.38. The first-order valence-electron chi connectivity index (χ1n) is 2.96. The van der Waals surface area contributed by atoms with E-state index in [4.69, 9.17) is 4.74 Å². The zero-order valence-electron chi connectivity index (χ0n) is 5.43. The molecule has 1 atom stereocenters. The number of ether oxygens (including phenoxy) is 1. The molecule has 1 unspecified atom stereocenters. The molecule has 0 aliphatic carbocycles. The summed E-state index contributed by atoms with van der Waals surface area (Å²) in [6, 6.07) is 0. The summed E-state index contributed by atoms with van der Waals surface area (Å²) >= 11 is 4.90. The molecule has 4 heteroatoms. The quantitative estimate of drug-likeness (QED) is 0.677. The van der Waals surface area contributed by atoms with E-state index in [2.05, 4.69) is 27.8 Å². The van der Waals surface area contributed by atoms with E-state index < -0.39 is 0 Å². The van der Waals surface area contributed by atoms with Crippen molar-refractivity contribution in [2.24, 2.45) is 0 Å². The van der Waals surface area contributed by atoms with Crippen molar-refractivity contribution in [2.45, 2.75) is 12.5 Å². The van der Waals surface area contributed by atoms with Crippen LogP contribution < -0.4 is 0 Å². The fourth-order valence-corrected chi connectivity index (χ4v) is 1.88. The Hall–Kier alpha value is 0.0700. The van der Waals surface area contributed by atoms with Crippen LogP contribution in [0.5, 0.6) is 0 Å². The maximum absolute atomic E-state index is 5.22. The molecule has 0 amide bonds. The molecule has 1 saturated heterocycles. The van der Waals surface area contributed by atoms with Gasteiger partial charge >= 0.3 is 0 Å². The van der Waals surface area contributed by atoms with E-state index in [9.17, 15) is 0 Å². The Kier molecular flexibility index (Phi) is 1.37. The van der Waals surface area contributed by atoms with E-state index in [1.54, 1.807) is 11.3 Å². The molecule has 54 valence electrons. The standard InChI is InChI=1S/C6H6BrNOS/c1-6(3-9-6)4-2-10-5(7)8-4/h2H,3H2,1H3. The molecule has 2 rings (SSSR count). The van der Waals surface area contributed by atoms with Crippen LogP contribution in [0.25, 0.3) is 0 Å². The number of halogens is 1. The topological polar surface area (TPSA) is 25.4 Å². The number of thiazole rings is 1. The van der Waals surface area contributed by atoms with Gasteiger partial charge in [-0.1, -0.05) is 0 Å². The summed E-state index contributed by atoms with van der Waals surface area (Å²) in [6.45, 7) is 2.86. The van der Waals surface area contributed by atoms with Gasteiger partial charge in [0.05, 0.1) is 12.3 Å². The molecule has 1 fully saturated rings. The number of aromatic nitrogens is 1. The molecule has 10 heavy (non-hydrogen) atoms. The first kappa shape index (κ1) is 6.76. The lowest BCUT2D eigenvalue weighted by molar-refractivity contribution is 0.324. The normalized spacial score (nSPS) is 30.6. The molecule has 1 aromatic rings. The second-order valence-electron chi connectivity index (χ2n) is 2.51. The second kappa shape index (κ2) is 2.03. The first-order valence-corrected chi connectivity index (χ1v) is 4.63. The largest absolute Gasteiger partial charge is 0.363 e. The van der Waals surface area contributed by atoms with Crippen LogP contribution in [0.1, 0.15) is 12.6 Å². The lowest BCUT2D eigenvalue weighted by Gasteiger charge is -1.95. The van der Waals surface area contributed by atoms with Crippen LogP contribution in [0.3, 0.4) is 0 Å². The molecule has 0 radical (unpaired) electrons. The van der Waals surface area contributed by atoms with Crippen molar-refractivity contribution < 1.29 is 4.74 Å². The molecular formula is C6H6BrNOS. The van der Waals surface area contributed by atoms with Crippen molar-refractivity contribution in [3.05, 3.63) is 15.0 Å². The average molecular weight is 220 g/mol. The summed E-state index contributed by atoms with van der Waals surface area (Å²) in [5.74, 6) is 0. The predicted molar refractivity (Wildman–Crippen MR) is 43.1 cm³/mol. The van der Waals surface area contributed by atoms with Gasteiger partial charge in [-0.15, -0.1) is 11.3 Å². The van der Waals surface area contributed by atoms with Crippen molar-refractivity contribution in [1.82, 2.24) is 4.98 Å². The third kappa shape index (κ3) is 1.00. The van der Waals surface area contributed by atoms with Gasteiger partial charge in [0.25, 0.3) is 0 Å². The van der Waals surface area contributed by atoms with E-state index in [0.717, 1.165) is 16.2 Å². The molecule has 0 spiro atoms. The van der Waals surface area contributed by atoms with Crippen LogP contribution in [0.2, 0.25) is 0 Å². The van der Waals surface area contributed by atoms with Crippen molar-refractivity contribution in [3.63, 3.8) is 0 Å². The summed E-state index contributed by atoms with van der Waals surface area (Å²) in [6.07, 6.45) is 0. The molecule has 0 aromatic carbocycles. The minimum absolute atomic E-state index is 0.0669. The van der Waals surface area contributed by atoms with Crippen LogP contribution in [0.15, 0.2) is 9.30 Å². The van der Waals surface area contributed by atoms with Gasteiger partial charge in [-0.05, 0) is 22.9 Å². The Morgan fingerprint density at radius 2 is 2.60 bits per heavy atom. The minimum atomic E-state index is -0.0669. The molecule has 1 aliphatic rings. The summed E-state index contributed by atoms with van der Waals surface area (Å²) in [4.78, 5) is 4.25. The molecule has 2 nitrogen and oxygen atoms in total. The highest BCUT2D eigenvalue weighted by molar-refractivity contribution is 9.11. The van der Waals surface area contributed by atoms with Crippen LogP contribution in [0, 0.1) is 0 Å². The molecule has 0 bridgehead atoms. The second-order valence-corrected chi connectivity index (χ2v) is 4.64. The molecular weight excluding hydrogens is 214 g/mol. The fourth-order valence-electron chi connectivity index (χ4n) is 0.751. The van der Waals surface area contributed by atoms with Crippen LogP contribution in [-0.2, 0) is 10.3 Å². The minimum Gasteiger partial charge on any atom is -0.363 e. The SMILES string of the molecule is CC1(c2csc(Br)n2)CO1. The van der Waals surface area contributed by atoms with Crippen LogP contribution in [-0.4, -0.2) is 11.6 Å². The van der Waals surface area contributed by atoms with Gasteiger partial charge in [0.15, 0.2) is 3.92 Å². The van der Waals surface area contributed by atoms with Crippen molar-refractivity contribution in [2.75, 3.05) is 6.61 Å². The number of rotatable bonds is 1. The van der Waals surface area contributed by atoms with E-state index in [1.807, 2.05) is 5.38 Å². The Morgan fingerprint density at radius 3 is 3.00 bits per heavy atom. The van der Waals surface area contributed by atoms with Gasteiger partial charge in [-0.3, -0.25) is 0 Å². The number of hydrogen-bond donors (Lipinski definition) is 0. The van der Waals surface area contributed by atoms with Crippen LogP contribution in [0.4, 0.5) is 0 Å². The van der Waals surface area contributed by atoms with Gasteiger partial charge in [0.1, 0.15) is 5.60 Å². The van der Waals surface area contributed by atoms with Crippen molar-refractivity contribution >= 4 is 27.3 Å². The zero-order chi connectivity index (χ0) is 7.19. The number of nitrogens with zero attached hydrogens (tertiary/aromatic N) is 1. The number of epoxide rings is 1. The zero-order valence-corrected chi connectivity index (χ0v) is 7.83. The van der Waals surface area contributed by atoms with E-state index in [-0.39, 0.29) is 5.60 Å². The lowest BCUT2D eigenvalue weighted by atomic mass is 10.1. The van der Waals surface area contributed by atoms with Gasteiger partial charge in [-0.25, -0.2) is 4.98 Å². The number of hydrogen-bond acceptors (Lipinski definition) is 3.